The van der Waals surface area contributed by atoms with Crippen molar-refractivity contribution in [2.75, 3.05) is 158 Å². The van der Waals surface area contributed by atoms with Gasteiger partial charge < -0.3 is 124 Å². The molecule has 95 heavy (non-hydrogen) atoms. The van der Waals surface area contributed by atoms with Crippen LogP contribution in [0.15, 0.2) is 18.6 Å². The second kappa shape index (κ2) is 44.8. The number of nitrogens with two attached hydrogens (primary N) is 1. The minimum atomic E-state index is -1.20. The summed E-state index contributed by atoms with van der Waals surface area (Å²) >= 11 is 0. The van der Waals surface area contributed by atoms with Gasteiger partial charge in [-0.25, -0.2) is 0 Å². The molecule has 3 aliphatic heterocycles. The molecule has 0 radical (unpaired) electrons. The van der Waals surface area contributed by atoms with Crippen LogP contribution in [0.5, 0.6) is 0 Å². The van der Waals surface area contributed by atoms with Gasteiger partial charge >= 0.3 is 0 Å². The van der Waals surface area contributed by atoms with Crippen LogP contribution in [0.3, 0.4) is 0 Å². The Kier molecular flexibility index (Phi) is 37.2. The molecular formula is C58H101N13O24. The minimum absolute atomic E-state index is 0.0399. The van der Waals surface area contributed by atoms with Crippen LogP contribution in [0.1, 0.15) is 55.6 Å². The van der Waals surface area contributed by atoms with Gasteiger partial charge in [-0.05, 0) is 19.3 Å². The SMILES string of the molecule is NC(CCC(=O)NCCOCCOCCOCc1cn(C[C@@H]2CO[C@H](CO)[C@H](O)[C@@H]2O)nn1)(CCC(=O)NCCOCCOCCOCc1cn(C[C@@H]2CO[C@H](CO)[C@H](O)[C@@H]2O)nn1)CCC(=O)NCCOCCOCCOCc1cn(C[C@@H]2CO[C@H](CO)[C@H](O)[C@@H]2O)nn1. The number of rotatable bonds is 51. The first kappa shape index (κ1) is 78.9. The van der Waals surface area contributed by atoms with Crippen molar-refractivity contribution in [2.45, 2.75) is 138 Å². The number of nitrogens with zero attached hydrogens (tertiary/aromatic N) is 9. The maximum absolute atomic E-state index is 13.0. The van der Waals surface area contributed by atoms with Crippen molar-refractivity contribution in [2.24, 2.45) is 23.5 Å². The lowest BCUT2D eigenvalue weighted by Gasteiger charge is -2.36. The summed E-state index contributed by atoms with van der Waals surface area (Å²) in [5, 5.41) is 122. The molecule has 3 aromatic rings. The molecule has 3 saturated heterocycles. The molecule has 3 fully saturated rings. The summed E-state index contributed by atoms with van der Waals surface area (Å²) in [6.45, 7) is 5.38. The molecule has 6 heterocycles. The smallest absolute Gasteiger partial charge is 0.220 e. The van der Waals surface area contributed by atoms with Crippen LogP contribution >= 0.6 is 0 Å². The zero-order chi connectivity index (χ0) is 68.1. The van der Waals surface area contributed by atoms with Gasteiger partial charge in [0.05, 0.1) is 215 Å². The molecule has 0 bridgehead atoms. The fraction of sp³-hybridized carbons (Fsp3) is 0.845. The number of aliphatic hydroxyl groups excluding tert-OH is 9. The first-order chi connectivity index (χ1) is 46.1. The van der Waals surface area contributed by atoms with Gasteiger partial charge in [-0.2, -0.15) is 0 Å². The van der Waals surface area contributed by atoms with Gasteiger partial charge in [0.15, 0.2) is 0 Å². The van der Waals surface area contributed by atoms with Gasteiger partial charge in [-0.1, -0.05) is 15.6 Å². The Balaban J connectivity index is 0.789. The van der Waals surface area contributed by atoms with E-state index < -0.39 is 98.0 Å². The van der Waals surface area contributed by atoms with Crippen LogP contribution in [-0.2, 0) is 111 Å². The second-order valence-electron chi connectivity index (χ2n) is 23.4. The van der Waals surface area contributed by atoms with E-state index in [0.29, 0.717) is 36.9 Å². The van der Waals surface area contributed by atoms with E-state index in [1.165, 1.54) is 14.0 Å². The molecule has 3 aromatic heterocycles. The van der Waals surface area contributed by atoms with E-state index in [9.17, 15) is 60.3 Å². The third kappa shape index (κ3) is 29.5. The highest BCUT2D eigenvalue weighted by molar-refractivity contribution is 5.77. The van der Waals surface area contributed by atoms with Gasteiger partial charge in [-0.15, -0.1) is 15.3 Å². The lowest BCUT2D eigenvalue weighted by molar-refractivity contribution is -0.177. The predicted molar refractivity (Wildman–Crippen MR) is 325 cm³/mol. The molecule has 0 aromatic carbocycles. The molecule has 0 spiro atoms. The maximum atomic E-state index is 13.0. The van der Waals surface area contributed by atoms with Crippen molar-refractivity contribution in [1.82, 2.24) is 60.9 Å². The zero-order valence-electron chi connectivity index (χ0n) is 53.9. The summed E-state index contributed by atoms with van der Waals surface area (Å²) in [5.74, 6) is -2.11. The number of hydrogen-bond acceptors (Lipinski definition) is 31. The number of aromatic nitrogens is 9. The van der Waals surface area contributed by atoms with Crippen LogP contribution in [0.2, 0.25) is 0 Å². The Morgan fingerprint density at radius 1 is 0.421 bits per heavy atom. The largest absolute Gasteiger partial charge is 0.394 e. The molecule has 3 amide bonds. The van der Waals surface area contributed by atoms with Crippen molar-refractivity contribution in [1.29, 1.82) is 0 Å². The van der Waals surface area contributed by atoms with Crippen LogP contribution in [0.4, 0.5) is 0 Å². The highest BCUT2D eigenvalue weighted by atomic mass is 16.6. The summed E-state index contributed by atoms with van der Waals surface area (Å²) in [6, 6.07) is 0. The molecule has 0 unspecified atom stereocenters. The van der Waals surface area contributed by atoms with Gasteiger partial charge in [0.25, 0.3) is 0 Å². The van der Waals surface area contributed by atoms with E-state index in [-0.39, 0.29) is 214 Å². The van der Waals surface area contributed by atoms with Gasteiger partial charge in [0.1, 0.15) is 53.7 Å². The normalized spacial score (nSPS) is 24.1. The van der Waals surface area contributed by atoms with E-state index in [1.807, 2.05) is 0 Å². The Bertz CT molecular complexity index is 2300. The van der Waals surface area contributed by atoms with Gasteiger partial charge in [0, 0.05) is 62.2 Å². The third-order valence-electron chi connectivity index (χ3n) is 16.0. The molecule has 3 aliphatic rings. The summed E-state index contributed by atoms with van der Waals surface area (Å²) in [7, 11) is 0. The number of ether oxygens (including phenoxy) is 12. The fourth-order valence-electron chi connectivity index (χ4n) is 10.4. The van der Waals surface area contributed by atoms with Crippen molar-refractivity contribution < 1.29 is 117 Å². The Morgan fingerprint density at radius 3 is 0.937 bits per heavy atom. The molecule has 0 saturated carbocycles. The monoisotopic (exact) mass is 1360 g/mol. The molecule has 0 aliphatic carbocycles. The number of carbonyl (C=O) groups excluding carboxylic acids is 3. The van der Waals surface area contributed by atoms with E-state index in [1.54, 1.807) is 18.6 Å². The number of amides is 3. The maximum Gasteiger partial charge on any atom is 0.220 e. The quantitative estimate of drug-likeness (QED) is 0.0234. The van der Waals surface area contributed by atoms with Crippen LogP contribution in [0, 0.1) is 17.8 Å². The molecular weight excluding hydrogens is 1260 g/mol. The van der Waals surface area contributed by atoms with Crippen LogP contribution in [0.25, 0.3) is 0 Å². The van der Waals surface area contributed by atoms with Crippen molar-refractivity contribution >= 4 is 17.7 Å². The van der Waals surface area contributed by atoms with E-state index >= 15 is 0 Å². The summed E-state index contributed by atoms with van der Waals surface area (Å²) in [5.41, 5.74) is 7.52. The fourth-order valence-corrected chi connectivity index (χ4v) is 10.4. The highest BCUT2D eigenvalue weighted by Gasteiger charge is 2.41. The third-order valence-corrected chi connectivity index (χ3v) is 16.0. The molecule has 542 valence electrons. The molecule has 14 N–H and O–H groups in total. The van der Waals surface area contributed by atoms with Crippen molar-refractivity contribution in [3.8, 4) is 0 Å². The van der Waals surface area contributed by atoms with Crippen molar-refractivity contribution in [3.63, 3.8) is 0 Å². The molecule has 12 atom stereocenters. The van der Waals surface area contributed by atoms with E-state index in [0.717, 1.165) is 0 Å². The Labute approximate surface area is 550 Å². The summed E-state index contributed by atoms with van der Waals surface area (Å²) < 4.78 is 71.3. The molecule has 6 rings (SSSR count). The topological polar surface area (TPSA) is 498 Å². The predicted octanol–water partition coefficient (Wildman–Crippen LogP) is -6.92. The first-order valence-corrected chi connectivity index (χ1v) is 32.3. The number of hydrogen-bond donors (Lipinski definition) is 13. The lowest BCUT2D eigenvalue weighted by atomic mass is 9.84. The average molecular weight is 1360 g/mol. The summed E-state index contributed by atoms with van der Waals surface area (Å²) in [6.07, 6.45) is -3.60. The van der Waals surface area contributed by atoms with Gasteiger partial charge in [-0.3, -0.25) is 28.4 Å². The Morgan fingerprint density at radius 2 is 0.674 bits per heavy atom. The summed E-state index contributed by atoms with van der Waals surface area (Å²) in [4.78, 5) is 38.9. The Hall–Kier alpha value is -5.05. The lowest BCUT2D eigenvalue weighted by Crippen LogP contribution is -2.52. The van der Waals surface area contributed by atoms with Crippen LogP contribution in [-0.4, -0.2) is 328 Å². The second-order valence-corrected chi connectivity index (χ2v) is 23.4. The zero-order valence-corrected chi connectivity index (χ0v) is 53.9. The van der Waals surface area contributed by atoms with Crippen LogP contribution < -0.4 is 21.7 Å². The van der Waals surface area contributed by atoms with E-state index in [2.05, 4.69) is 46.9 Å². The van der Waals surface area contributed by atoms with Crippen molar-refractivity contribution in [3.05, 3.63) is 35.7 Å². The van der Waals surface area contributed by atoms with Gasteiger partial charge in [0.2, 0.25) is 17.7 Å². The number of nitrogens with one attached hydrogen (secondary N) is 3. The first-order valence-electron chi connectivity index (χ1n) is 32.3. The number of aliphatic hydroxyl groups is 9. The minimum Gasteiger partial charge on any atom is -0.394 e. The molecule has 37 heteroatoms. The molecule has 37 nitrogen and oxygen atoms in total. The standard InChI is InChI=1S/C58H101N13O24/c59-58(4-1-49(75)60-7-10-84-13-16-87-19-22-90-37-43-28-69(66-63-43)25-40-34-93-46(31-72)55(81)52(40)78,5-2-50(76)61-8-11-85-14-17-88-20-23-91-38-44-29-70(67-64-44)26-41-35-94-47(32-73)56(82)53(41)79)6-3-51(77)62-9-12-86-15-18-89-21-24-92-39-45-30-71(68-65-45)27-42-36-95-48(33-74)57(83)54(42)80/h28-30,40-42,46-48,52-57,72-74,78-83H,1-27,31-39,59H2,(H,60,75)(H,61,76)(H,62,77)/t40-,41-,42-,46-,47-,48-,52-,53-,54-,55+,56+,57+/m1/s1. The van der Waals surface area contributed by atoms with E-state index in [4.69, 9.17) is 62.6 Å². The highest BCUT2D eigenvalue weighted by Crippen LogP contribution is 2.26. The number of carbonyl (C=O) groups is 3. The average Bonchev–Trinajstić information content (AvgIpc) is 1.83.